The Bertz CT molecular complexity index is 2620. The van der Waals surface area contributed by atoms with Crippen molar-refractivity contribution in [2.24, 2.45) is 0 Å². The number of allylic oxidation sites excluding steroid dienone is 21. The number of nitrogens with one attached hydrogen (secondary N) is 1. The number of carbonyl (C=O) groups is 1. The molecule has 17 unspecified atom stereocenters. The molecule has 0 aliphatic carbocycles. The van der Waals surface area contributed by atoms with Crippen LogP contribution in [0.1, 0.15) is 341 Å². The summed E-state index contributed by atoms with van der Waals surface area (Å²) < 4.78 is 34.5. The lowest BCUT2D eigenvalue weighted by Gasteiger charge is -2.48. The highest BCUT2D eigenvalue weighted by Crippen LogP contribution is 2.34. The van der Waals surface area contributed by atoms with Crippen LogP contribution in [0.15, 0.2) is 134 Å². The zero-order chi connectivity index (χ0) is 83.8. The highest BCUT2D eigenvalue weighted by atomic mass is 16.8. The minimum Gasteiger partial charge on any atom is -0.394 e. The van der Waals surface area contributed by atoms with E-state index in [2.05, 4.69) is 141 Å². The molecule has 17 atom stereocenters. The van der Waals surface area contributed by atoms with E-state index in [0.717, 1.165) is 135 Å². The van der Waals surface area contributed by atoms with E-state index in [-0.39, 0.29) is 18.9 Å². The predicted octanol–water partition coefficient (Wildman–Crippen LogP) is 18.4. The van der Waals surface area contributed by atoms with E-state index < -0.39 is 124 Å². The molecule has 0 radical (unpaired) electrons. The molecular formula is C97H167NO18. The largest absolute Gasteiger partial charge is 0.394 e. The fourth-order valence-electron chi connectivity index (χ4n) is 14.9. The van der Waals surface area contributed by atoms with Crippen molar-refractivity contribution in [3.63, 3.8) is 0 Å². The maximum absolute atomic E-state index is 13.5. The fourth-order valence-corrected chi connectivity index (χ4v) is 14.9. The molecule has 3 saturated heterocycles. The van der Waals surface area contributed by atoms with Crippen LogP contribution in [0.4, 0.5) is 0 Å². The first-order valence-electron chi connectivity index (χ1n) is 46.4. The lowest BCUT2D eigenvalue weighted by atomic mass is 9.96. The third-order valence-corrected chi connectivity index (χ3v) is 22.2. The molecule has 19 heteroatoms. The van der Waals surface area contributed by atoms with Crippen molar-refractivity contribution in [1.82, 2.24) is 5.32 Å². The number of rotatable bonds is 74. The number of unbranched alkanes of at least 4 members (excludes halogenated alkanes) is 38. The Morgan fingerprint density at radius 1 is 0.319 bits per heavy atom. The predicted molar refractivity (Wildman–Crippen MR) is 470 cm³/mol. The molecule has 668 valence electrons. The highest BCUT2D eigenvalue weighted by molar-refractivity contribution is 5.76. The minimum absolute atomic E-state index is 0.226. The Morgan fingerprint density at radius 3 is 0.931 bits per heavy atom. The van der Waals surface area contributed by atoms with Gasteiger partial charge in [0.25, 0.3) is 0 Å². The summed E-state index contributed by atoms with van der Waals surface area (Å²) in [5.74, 6) is -0.285. The normalized spacial score (nSPS) is 25.1. The summed E-state index contributed by atoms with van der Waals surface area (Å²) in [5, 5.41) is 121. The average molecular weight is 1640 g/mol. The molecule has 0 aromatic heterocycles. The third-order valence-electron chi connectivity index (χ3n) is 22.2. The molecule has 0 saturated carbocycles. The van der Waals surface area contributed by atoms with Gasteiger partial charge in [0, 0.05) is 6.42 Å². The van der Waals surface area contributed by atoms with Crippen LogP contribution >= 0.6 is 0 Å². The first kappa shape index (κ1) is 106. The summed E-state index contributed by atoms with van der Waals surface area (Å²) in [7, 11) is 0. The average Bonchev–Trinajstić information content (AvgIpc) is 0.779. The quantitative estimate of drug-likeness (QED) is 0.0199. The van der Waals surface area contributed by atoms with E-state index in [1.807, 2.05) is 6.08 Å². The van der Waals surface area contributed by atoms with Crippen molar-refractivity contribution in [1.29, 1.82) is 0 Å². The zero-order valence-electron chi connectivity index (χ0n) is 72.2. The lowest BCUT2D eigenvalue weighted by Crippen LogP contribution is -2.66. The number of hydrogen-bond donors (Lipinski definition) is 12. The molecule has 116 heavy (non-hydrogen) atoms. The Morgan fingerprint density at radius 2 is 0.595 bits per heavy atom. The van der Waals surface area contributed by atoms with E-state index in [1.54, 1.807) is 6.08 Å². The van der Waals surface area contributed by atoms with Crippen LogP contribution in [0.3, 0.4) is 0 Å². The second-order valence-corrected chi connectivity index (χ2v) is 32.4. The molecule has 3 rings (SSSR count). The van der Waals surface area contributed by atoms with Gasteiger partial charge < -0.3 is 89.9 Å². The van der Waals surface area contributed by atoms with Gasteiger partial charge in [0.2, 0.25) is 5.91 Å². The van der Waals surface area contributed by atoms with Gasteiger partial charge in [-0.05, 0) is 96.3 Å². The second kappa shape index (κ2) is 74.7. The standard InChI is InChI=1S/C97H167NO18/c1-3-5-7-9-11-13-15-17-19-21-23-25-27-29-31-33-35-37-38-39-40-41-42-43-45-47-49-51-53-55-57-59-61-63-65-67-69-71-73-75-85(103)98-80(81(102)74-72-70-68-66-64-62-60-58-56-54-52-50-48-46-44-36-34-32-30-28-26-24-22-20-18-16-14-12-10-8-6-4-2)79-111-95-91(109)88(106)93(83(77-100)113-95)116-97-92(110)89(107)94(84(78-101)114-97)115-96-90(108)87(105)86(104)82(76-99)112-96/h5,7,11,13,17,19,23,25,29,31,35,37,39-40,42-43,47,49,53,55,72,74,80-84,86-97,99-102,104-110H,3-4,6,8-10,12,14-16,18,20-22,24,26-28,30,32-34,36,38,41,44-46,48,50-52,54,56-71,73,75-79H2,1-2H3,(H,98,103)/b7-5-,13-11-,19-17-,25-23-,31-29-,37-35-,40-39-,43-42-,49-47-,55-53-,74-72+. The maximum atomic E-state index is 13.5. The maximum Gasteiger partial charge on any atom is 0.220 e. The van der Waals surface area contributed by atoms with Gasteiger partial charge in [0.15, 0.2) is 18.9 Å². The van der Waals surface area contributed by atoms with Crippen molar-refractivity contribution in [2.45, 2.75) is 446 Å². The molecule has 3 aliphatic rings. The number of hydrogen-bond acceptors (Lipinski definition) is 18. The third kappa shape index (κ3) is 52.3. The fraction of sp³-hybridized carbons (Fsp3) is 0.763. The van der Waals surface area contributed by atoms with Crippen LogP contribution in [0.2, 0.25) is 0 Å². The van der Waals surface area contributed by atoms with Crippen LogP contribution in [0.5, 0.6) is 0 Å². The molecule has 0 bridgehead atoms. The van der Waals surface area contributed by atoms with Crippen LogP contribution in [-0.2, 0) is 33.2 Å². The molecular weight excluding hydrogens is 1470 g/mol. The SMILES string of the molecule is CC/C=C\C/C=C\C/C=C\C/C=C\C/C=C\C/C=C\C/C=C\C/C=C\C/C=C\C/C=C\CCCCCCCCCCC(=O)NC(COC1OC(CO)C(OC2OC(CO)C(OC3OC(CO)C(O)C(O)C3O)C(O)C2O)C(O)C1O)C(O)/C=C/CCCCCCCCCCCCCCCCCCCCCCCCCCCCCCCC. The summed E-state index contributed by atoms with van der Waals surface area (Å²) >= 11 is 0. The number of carbonyl (C=O) groups excluding carboxylic acids is 1. The Labute approximate surface area is 702 Å². The van der Waals surface area contributed by atoms with Gasteiger partial charge in [0.1, 0.15) is 73.2 Å². The molecule has 0 aromatic rings. The number of aliphatic hydroxyl groups is 11. The van der Waals surface area contributed by atoms with E-state index in [9.17, 15) is 61.0 Å². The molecule has 0 aromatic carbocycles. The summed E-state index contributed by atoms with van der Waals surface area (Å²) in [6.45, 7) is 1.65. The second-order valence-electron chi connectivity index (χ2n) is 32.4. The minimum atomic E-state index is -1.99. The Hall–Kier alpha value is -4.07. The Balaban J connectivity index is 1.34. The smallest absolute Gasteiger partial charge is 0.220 e. The van der Waals surface area contributed by atoms with E-state index in [4.69, 9.17) is 28.4 Å². The molecule has 0 spiro atoms. The Kier molecular flexibility index (Phi) is 68.4. The van der Waals surface area contributed by atoms with Gasteiger partial charge in [-0.25, -0.2) is 0 Å². The molecule has 3 fully saturated rings. The topological polar surface area (TPSA) is 307 Å². The van der Waals surface area contributed by atoms with Crippen LogP contribution in [0, 0.1) is 0 Å². The van der Waals surface area contributed by atoms with Crippen molar-refractivity contribution < 1.29 is 89.4 Å². The van der Waals surface area contributed by atoms with E-state index in [1.165, 1.54) is 180 Å². The van der Waals surface area contributed by atoms with Crippen LogP contribution in [-0.4, -0.2) is 193 Å². The summed E-state index contributed by atoms with van der Waals surface area (Å²) in [5.41, 5.74) is 0. The monoisotopic (exact) mass is 1630 g/mol. The van der Waals surface area contributed by atoms with Gasteiger partial charge in [-0.1, -0.05) is 372 Å². The molecule has 3 heterocycles. The zero-order valence-corrected chi connectivity index (χ0v) is 72.2. The number of aliphatic hydroxyl groups excluding tert-OH is 11. The first-order valence-corrected chi connectivity index (χ1v) is 46.4. The van der Waals surface area contributed by atoms with Gasteiger partial charge in [-0.15, -0.1) is 0 Å². The summed E-state index contributed by atoms with van der Waals surface area (Å²) in [6, 6.07) is -0.990. The molecule has 3 aliphatic heterocycles. The van der Waals surface area contributed by atoms with Crippen LogP contribution < -0.4 is 5.32 Å². The first-order chi connectivity index (χ1) is 56.8. The number of amides is 1. The summed E-state index contributed by atoms with van der Waals surface area (Å²) in [4.78, 5) is 13.5. The highest BCUT2D eigenvalue weighted by Gasteiger charge is 2.54. The van der Waals surface area contributed by atoms with Crippen molar-refractivity contribution in [2.75, 3.05) is 26.4 Å². The molecule has 19 nitrogen and oxygen atoms in total. The molecule has 1 amide bonds. The van der Waals surface area contributed by atoms with Crippen LogP contribution in [0.25, 0.3) is 0 Å². The van der Waals surface area contributed by atoms with Gasteiger partial charge >= 0.3 is 0 Å². The van der Waals surface area contributed by atoms with Gasteiger partial charge in [-0.2, -0.15) is 0 Å². The van der Waals surface area contributed by atoms with Crippen molar-refractivity contribution >= 4 is 5.91 Å². The number of ether oxygens (including phenoxy) is 6. The molecule has 12 N–H and O–H groups in total. The van der Waals surface area contributed by atoms with E-state index in [0.29, 0.717) is 6.42 Å². The van der Waals surface area contributed by atoms with Crippen molar-refractivity contribution in [3.05, 3.63) is 134 Å². The summed E-state index contributed by atoms with van der Waals surface area (Å²) in [6.07, 6.45) is 81.6. The van der Waals surface area contributed by atoms with Gasteiger partial charge in [-0.3, -0.25) is 4.79 Å². The van der Waals surface area contributed by atoms with Gasteiger partial charge in [0.05, 0.1) is 38.6 Å². The lowest BCUT2D eigenvalue weighted by molar-refractivity contribution is -0.379. The van der Waals surface area contributed by atoms with E-state index >= 15 is 0 Å². The van der Waals surface area contributed by atoms with Crippen molar-refractivity contribution in [3.8, 4) is 0 Å².